The van der Waals surface area contributed by atoms with Crippen molar-refractivity contribution in [2.45, 2.75) is 418 Å². The third kappa shape index (κ3) is 55.5. The molecule has 39 heteroatoms. The molecular formula is C101H163N5O34. The molecule has 0 saturated carbocycles. The van der Waals surface area contributed by atoms with Gasteiger partial charge in [0.15, 0.2) is 61.3 Å². The molecule has 796 valence electrons. The summed E-state index contributed by atoms with van der Waals surface area (Å²) in [6.45, 7) is 14.9. The van der Waals surface area contributed by atoms with Gasteiger partial charge in [-0.15, -0.1) is 0 Å². The van der Waals surface area contributed by atoms with Crippen LogP contribution in [0.3, 0.4) is 0 Å². The summed E-state index contributed by atoms with van der Waals surface area (Å²) in [5.74, 6) is -7.58. The van der Waals surface area contributed by atoms with Gasteiger partial charge in [0.05, 0.1) is 51.7 Å². The molecule has 0 aliphatic carbocycles. The highest BCUT2D eigenvalue weighted by molar-refractivity contribution is 5.97. The Morgan fingerprint density at radius 2 is 0.557 bits per heavy atom. The number of ketones is 3. The van der Waals surface area contributed by atoms with E-state index in [0.717, 1.165) is 186 Å². The summed E-state index contributed by atoms with van der Waals surface area (Å²) >= 11 is 0. The van der Waals surface area contributed by atoms with Gasteiger partial charge in [0.1, 0.15) is 67.8 Å². The molecule has 15 atom stereocenters. The van der Waals surface area contributed by atoms with Gasteiger partial charge in [-0.2, -0.15) is 0 Å². The minimum Gasteiger partial charge on any atom is -0.463 e. The predicted molar refractivity (Wildman–Crippen MR) is 508 cm³/mol. The van der Waals surface area contributed by atoms with Gasteiger partial charge in [0, 0.05) is 147 Å². The second-order valence-electron chi connectivity index (χ2n) is 36.3. The molecule has 3 fully saturated rings. The molecule has 3 saturated heterocycles. The highest BCUT2D eigenvalue weighted by Crippen LogP contribution is 2.33. The lowest BCUT2D eigenvalue weighted by molar-refractivity contribution is -0.277. The predicted octanol–water partition coefficient (Wildman–Crippen LogP) is 11.0. The Bertz CT molecular complexity index is 3500. The summed E-state index contributed by atoms with van der Waals surface area (Å²) in [5, 5.41) is 14.5. The molecule has 4 rings (SSSR count). The van der Waals surface area contributed by atoms with E-state index >= 15 is 0 Å². The van der Waals surface area contributed by atoms with Crippen LogP contribution in [0.4, 0.5) is 0 Å². The summed E-state index contributed by atoms with van der Waals surface area (Å²) in [5.41, 5.74) is -0.653. The van der Waals surface area contributed by atoms with Crippen LogP contribution < -0.4 is 26.6 Å². The normalized spacial score (nSPS) is 21.4. The van der Waals surface area contributed by atoms with Crippen LogP contribution in [0.25, 0.3) is 0 Å². The molecule has 39 nitrogen and oxygen atoms in total. The van der Waals surface area contributed by atoms with E-state index in [0.29, 0.717) is 44.2 Å². The van der Waals surface area contributed by atoms with Crippen LogP contribution >= 0.6 is 0 Å². The van der Waals surface area contributed by atoms with Crippen LogP contribution in [0.1, 0.15) is 331 Å². The standard InChI is InChI=1S/C101H163N5O34/c1-69(107)104-89-95(135-78(10)116)92(132-75(7)113)85(63-129-72(4)110)138-98(89)126-56-45-36-30-24-18-13-15-21-27-33-42-50-82(119)52-59-123-66-101(103-62-84(121)81-48-40-39-41-49-81,67-124-60-53-83(120)51-43-34-28-22-16-14-19-25-31-37-46-57-127-99-90(105-70(2)108)96(136-79(11)117)93(133-76(8)114)86(139-99)64-130-73(5)111)68-125-61-54-88(122)102-55-44-35-29-23-17-20-26-32-38-47-58-128-100-91(106-71(3)109)97(137-80(12)118)94(134-77(9)115)87(140-100)65-131-74(6)112/h39-41,48-49,85-87,89-100,103H,13-38,42-47,50-68H2,1-12H3,(H,102,122)(H,104,107)(H,105,108)(H,106,109). The Morgan fingerprint density at radius 1 is 0.293 bits per heavy atom. The molecule has 3 heterocycles. The Labute approximate surface area is 825 Å². The molecule has 3 aliphatic heterocycles. The van der Waals surface area contributed by atoms with E-state index in [2.05, 4.69) is 26.6 Å². The maximum absolute atomic E-state index is 13.7. The van der Waals surface area contributed by atoms with Gasteiger partial charge in [0.25, 0.3) is 0 Å². The quantitative estimate of drug-likeness (QED) is 0.0175. The maximum atomic E-state index is 13.7. The molecule has 4 amide bonds. The number of nitrogens with one attached hydrogen (secondary N) is 5. The third-order valence-electron chi connectivity index (χ3n) is 23.5. The highest BCUT2D eigenvalue weighted by Gasteiger charge is 2.55. The van der Waals surface area contributed by atoms with Crippen molar-refractivity contribution in [3.05, 3.63) is 35.9 Å². The number of hydrogen-bond donors (Lipinski definition) is 5. The lowest BCUT2D eigenvalue weighted by atomic mass is 9.96. The van der Waals surface area contributed by atoms with Gasteiger partial charge in [0.2, 0.25) is 23.6 Å². The monoisotopic (exact) mass is 1990 g/mol. The molecule has 0 aromatic heterocycles. The smallest absolute Gasteiger partial charge is 0.303 e. The molecule has 0 spiro atoms. The fourth-order valence-electron chi connectivity index (χ4n) is 16.7. The first-order chi connectivity index (χ1) is 67.1. The average Bonchev–Trinajstić information content (AvgIpc) is 0.793. The van der Waals surface area contributed by atoms with Gasteiger partial charge in [-0.25, -0.2) is 0 Å². The van der Waals surface area contributed by atoms with E-state index < -0.39 is 169 Å². The number of esters is 9. The highest BCUT2D eigenvalue weighted by atomic mass is 16.7. The number of hydrogen-bond acceptors (Lipinski definition) is 35. The van der Waals surface area contributed by atoms with Crippen LogP contribution in [-0.2, 0) is 157 Å². The molecule has 15 unspecified atom stereocenters. The summed E-state index contributed by atoms with van der Waals surface area (Å²) in [4.78, 5) is 199. The zero-order valence-corrected chi connectivity index (χ0v) is 85.0. The number of carbonyl (C=O) groups is 16. The number of ether oxygens (including phenoxy) is 18. The molecule has 1 aromatic rings. The first kappa shape index (κ1) is 123. The number of carbonyl (C=O) groups excluding carboxylic acids is 16. The molecule has 140 heavy (non-hydrogen) atoms. The van der Waals surface area contributed by atoms with Crippen molar-refractivity contribution in [2.24, 2.45) is 0 Å². The van der Waals surface area contributed by atoms with Crippen molar-refractivity contribution in [3.63, 3.8) is 0 Å². The maximum Gasteiger partial charge on any atom is 0.303 e. The van der Waals surface area contributed by atoms with Crippen LogP contribution in [-0.4, -0.2) is 285 Å². The van der Waals surface area contributed by atoms with E-state index in [-0.39, 0.29) is 128 Å². The third-order valence-corrected chi connectivity index (χ3v) is 23.5. The van der Waals surface area contributed by atoms with Gasteiger partial charge in [-0.05, 0) is 38.5 Å². The van der Waals surface area contributed by atoms with Crippen molar-refractivity contribution in [1.29, 1.82) is 0 Å². The fraction of sp³-hybridized carbons (Fsp3) is 0.782. The number of amides is 4. The summed E-state index contributed by atoms with van der Waals surface area (Å²) < 4.78 is 104. The van der Waals surface area contributed by atoms with Gasteiger partial charge in [-0.3, -0.25) is 82.0 Å². The molecule has 1 aromatic carbocycles. The van der Waals surface area contributed by atoms with Gasteiger partial charge in [-0.1, -0.05) is 197 Å². The molecule has 5 N–H and O–H groups in total. The minimum absolute atomic E-state index is 0.0207. The Hall–Kier alpha value is -9.06. The first-order valence-corrected chi connectivity index (χ1v) is 50.5. The zero-order valence-electron chi connectivity index (χ0n) is 85.0. The van der Waals surface area contributed by atoms with Crippen molar-refractivity contribution in [2.75, 3.05) is 92.4 Å². The lowest BCUT2D eigenvalue weighted by Gasteiger charge is -2.44. The number of unbranched alkanes of at least 4 members (excludes halogenated alkanes) is 29. The van der Waals surface area contributed by atoms with E-state index in [4.69, 9.17) is 85.3 Å². The zero-order chi connectivity index (χ0) is 103. The van der Waals surface area contributed by atoms with Crippen LogP contribution in [0.2, 0.25) is 0 Å². The Kier molecular flexibility index (Phi) is 64.3. The number of Topliss-reactive ketones (excluding diaryl/α,β-unsaturated/α-hetero) is 3. The van der Waals surface area contributed by atoms with Crippen LogP contribution in [0.15, 0.2) is 30.3 Å². The molecule has 0 bridgehead atoms. The van der Waals surface area contributed by atoms with Crippen LogP contribution in [0.5, 0.6) is 0 Å². The summed E-state index contributed by atoms with van der Waals surface area (Å²) in [7, 11) is 0. The van der Waals surface area contributed by atoms with Crippen molar-refractivity contribution >= 4 is 94.7 Å². The first-order valence-electron chi connectivity index (χ1n) is 50.5. The van der Waals surface area contributed by atoms with Crippen molar-refractivity contribution < 1.29 is 162 Å². The Morgan fingerprint density at radius 3 is 0.836 bits per heavy atom. The van der Waals surface area contributed by atoms with Crippen LogP contribution in [0, 0.1) is 0 Å². The number of rotatable bonds is 78. The van der Waals surface area contributed by atoms with E-state index in [1.165, 1.54) is 83.1 Å². The molecule has 0 radical (unpaired) electrons. The molecule has 3 aliphatic rings. The van der Waals surface area contributed by atoms with Crippen molar-refractivity contribution in [1.82, 2.24) is 26.6 Å². The van der Waals surface area contributed by atoms with Crippen molar-refractivity contribution in [3.8, 4) is 0 Å². The Balaban J connectivity index is 1.23. The topological polar surface area (TPSA) is 499 Å². The largest absolute Gasteiger partial charge is 0.463 e. The van der Waals surface area contributed by atoms with E-state index in [1.54, 1.807) is 24.3 Å². The van der Waals surface area contributed by atoms with E-state index in [1.807, 2.05) is 6.07 Å². The fourth-order valence-corrected chi connectivity index (χ4v) is 16.7. The SMILES string of the molecule is CC(=O)NC1C(OCCCCCCCCCCCCCC(=O)CCOCC(COCCC(=O)CCCCCCCCCCCCCOC2OC(COC(C)=O)C(OC(C)=O)C(OC(C)=O)C2NC(C)=O)(COCCC(=O)NCCCCCCCCCCCCOC2OC(COC(C)=O)C(OC(C)=O)C(OC(C)=O)C2NC(C)=O)NCC(=O)c2ccccc2)OC(COC(C)=O)C(OC(C)=O)C1OC(C)=O. The second-order valence-corrected chi connectivity index (χ2v) is 36.3. The van der Waals surface area contributed by atoms with Gasteiger partial charge >= 0.3 is 53.7 Å². The lowest BCUT2D eigenvalue weighted by Crippen LogP contribution is -2.66. The summed E-state index contributed by atoms with van der Waals surface area (Å²) in [6, 6.07) is 5.74. The molecular weight excluding hydrogens is 1830 g/mol. The van der Waals surface area contributed by atoms with E-state index in [9.17, 15) is 76.7 Å². The summed E-state index contributed by atoms with van der Waals surface area (Å²) in [6.07, 6.45) is 17.6. The number of benzene rings is 1. The van der Waals surface area contributed by atoms with Gasteiger partial charge < -0.3 is 107 Å². The second kappa shape index (κ2) is 73.1. The minimum atomic E-state index is -1.21. The average molecular weight is 1990 g/mol.